The number of hydrogen-bond acceptors (Lipinski definition) is 9. The van der Waals surface area contributed by atoms with E-state index in [0.29, 0.717) is 17.7 Å². The molecule has 0 bridgehead atoms. The quantitative estimate of drug-likeness (QED) is 0.119. The molecule has 14 heteroatoms. The Morgan fingerprint density at radius 2 is 1.24 bits per heavy atom. The number of pyridine rings is 2. The lowest BCUT2D eigenvalue weighted by Gasteiger charge is -2.01. The van der Waals surface area contributed by atoms with E-state index in [2.05, 4.69) is 46.8 Å². The number of aldehydes is 1. The molecule has 0 amide bonds. The van der Waals surface area contributed by atoms with Gasteiger partial charge in [0, 0.05) is 27.6 Å². The lowest BCUT2D eigenvalue weighted by Crippen LogP contribution is -2.30. The minimum absolute atomic E-state index is 0.176. The summed E-state index contributed by atoms with van der Waals surface area (Å²) in [6.45, 7) is 3.79. The highest BCUT2D eigenvalue weighted by atomic mass is 79.9. The molecule has 0 spiro atoms. The van der Waals surface area contributed by atoms with Crippen LogP contribution in [-0.2, 0) is 19.9 Å². The van der Waals surface area contributed by atoms with Crippen LogP contribution in [0.2, 0.25) is 0 Å². The maximum atomic E-state index is 12.1. The highest BCUT2D eigenvalue weighted by Gasteiger charge is 2.12. The number of nitrogens with zero attached hydrogens (tertiary/aromatic N) is 3. The number of benzene rings is 2. The summed E-state index contributed by atoms with van der Waals surface area (Å²) < 4.78 is 48.0. The Balaban J connectivity index is 0.000000237. The number of aliphatic imine (C=N–C) groups is 1. The van der Waals surface area contributed by atoms with Crippen LogP contribution in [0.15, 0.2) is 109 Å². The third-order valence-corrected chi connectivity index (χ3v) is 8.61. The van der Waals surface area contributed by atoms with Crippen LogP contribution in [0.3, 0.4) is 0 Å². The minimum Gasteiger partial charge on any atom is -0.296 e. The standard InChI is InChI=1S/C14H13BrN2O2S.C7H10N2O2S.C6H4BrNO/c1-11-2-4-14(5-3-11)20(18,19)10-16-9-13-8-12(15)6-7-17-13;1-6-2-4-7(5-3-6)12(10,11)9-8;7-5-1-2-8-6(3-5)4-9/h2-9H,10H2,1H3;2-5,9H,8H2,1H3;1-4H. The van der Waals surface area contributed by atoms with Crippen molar-refractivity contribution < 1.29 is 21.6 Å². The van der Waals surface area contributed by atoms with E-state index in [9.17, 15) is 21.6 Å². The molecule has 0 aliphatic rings. The number of aromatic nitrogens is 2. The molecule has 0 radical (unpaired) electrons. The molecule has 3 N–H and O–H groups in total. The first kappa shape index (κ1) is 34.1. The average molecular weight is 725 g/mol. The van der Waals surface area contributed by atoms with Crippen molar-refractivity contribution in [3.8, 4) is 0 Å². The molecular formula is C27H27Br2N5O5S2. The zero-order chi connectivity index (χ0) is 30.5. The molecule has 10 nitrogen and oxygen atoms in total. The van der Waals surface area contributed by atoms with Gasteiger partial charge in [0.1, 0.15) is 11.6 Å². The highest BCUT2D eigenvalue weighted by Crippen LogP contribution is 2.13. The summed E-state index contributed by atoms with van der Waals surface area (Å²) in [5.74, 6) is 4.55. The smallest absolute Gasteiger partial charge is 0.253 e. The summed E-state index contributed by atoms with van der Waals surface area (Å²) in [7, 11) is -6.88. The number of nitrogens with one attached hydrogen (secondary N) is 1. The van der Waals surface area contributed by atoms with Crippen LogP contribution in [0.25, 0.3) is 0 Å². The zero-order valence-corrected chi connectivity index (χ0v) is 26.8. The second kappa shape index (κ2) is 16.3. The van der Waals surface area contributed by atoms with Crippen LogP contribution in [-0.4, -0.2) is 45.2 Å². The fraction of sp³-hybridized carbons (Fsp3) is 0.111. The van der Waals surface area contributed by atoms with Crippen molar-refractivity contribution in [2.24, 2.45) is 10.8 Å². The van der Waals surface area contributed by atoms with Crippen LogP contribution in [0, 0.1) is 13.8 Å². The lowest BCUT2D eigenvalue weighted by atomic mass is 10.2. The molecule has 0 unspecified atom stereocenters. The molecule has 4 rings (SSSR count). The number of carbonyl (C=O) groups is 1. The number of carbonyl (C=O) groups excluding carboxylic acids is 1. The van der Waals surface area contributed by atoms with E-state index < -0.39 is 19.9 Å². The largest absolute Gasteiger partial charge is 0.296 e. The topological polar surface area (TPSA) is 162 Å². The molecular weight excluding hydrogens is 698 g/mol. The van der Waals surface area contributed by atoms with Gasteiger partial charge in [0.2, 0.25) is 0 Å². The lowest BCUT2D eigenvalue weighted by molar-refractivity contribution is 0.111. The van der Waals surface area contributed by atoms with Crippen LogP contribution < -0.4 is 10.7 Å². The van der Waals surface area contributed by atoms with E-state index in [0.717, 1.165) is 20.1 Å². The maximum absolute atomic E-state index is 12.1. The molecule has 0 aliphatic carbocycles. The number of rotatable bonds is 7. The summed E-state index contributed by atoms with van der Waals surface area (Å²) >= 11 is 6.52. The molecule has 0 saturated heterocycles. The SMILES string of the molecule is Cc1ccc(S(=O)(=O)CN=Cc2cc(Br)ccn2)cc1.Cc1ccc(S(=O)(=O)NN)cc1.O=Cc1cc(Br)ccn1. The molecule has 0 fully saturated rings. The molecule has 2 heterocycles. The van der Waals surface area contributed by atoms with Gasteiger partial charge in [-0.1, -0.05) is 67.3 Å². The van der Waals surface area contributed by atoms with Gasteiger partial charge in [-0.15, -0.1) is 0 Å². The number of sulfone groups is 1. The Bertz CT molecular complexity index is 1680. The Morgan fingerprint density at radius 1 is 0.780 bits per heavy atom. The van der Waals surface area contributed by atoms with Crippen LogP contribution in [0.1, 0.15) is 27.3 Å². The van der Waals surface area contributed by atoms with E-state index >= 15 is 0 Å². The van der Waals surface area contributed by atoms with Gasteiger partial charge in [0.05, 0.1) is 15.5 Å². The summed E-state index contributed by atoms with van der Waals surface area (Å²) in [5.41, 5.74) is 3.08. The summed E-state index contributed by atoms with van der Waals surface area (Å²) in [5, 5.41) is 0. The van der Waals surface area contributed by atoms with Crippen molar-refractivity contribution in [1.82, 2.24) is 14.8 Å². The summed E-state index contributed by atoms with van der Waals surface area (Å²) in [4.78, 5) is 24.1. The molecule has 2 aromatic carbocycles. The van der Waals surface area contributed by atoms with Crippen molar-refractivity contribution >= 4 is 64.2 Å². The predicted molar refractivity (Wildman–Crippen MR) is 166 cm³/mol. The van der Waals surface area contributed by atoms with Gasteiger partial charge in [0.25, 0.3) is 10.0 Å². The number of halogens is 2. The number of aryl methyl sites for hydroxylation is 2. The van der Waals surface area contributed by atoms with Gasteiger partial charge >= 0.3 is 0 Å². The van der Waals surface area contributed by atoms with Gasteiger partial charge in [-0.05, 0) is 62.4 Å². The predicted octanol–water partition coefficient (Wildman–Crippen LogP) is 4.81. The fourth-order valence-corrected chi connectivity index (χ4v) is 5.12. The second-order valence-electron chi connectivity index (χ2n) is 8.22. The Morgan fingerprint density at radius 3 is 1.68 bits per heavy atom. The summed E-state index contributed by atoms with van der Waals surface area (Å²) in [6.07, 6.45) is 5.37. The van der Waals surface area contributed by atoms with E-state index in [1.165, 1.54) is 18.3 Å². The van der Waals surface area contributed by atoms with Crippen molar-refractivity contribution in [2.75, 3.05) is 5.88 Å². The van der Waals surface area contributed by atoms with Gasteiger partial charge in [-0.25, -0.2) is 16.8 Å². The van der Waals surface area contributed by atoms with Crippen molar-refractivity contribution in [3.63, 3.8) is 0 Å². The Kier molecular flexibility index (Phi) is 13.6. The fourth-order valence-electron chi connectivity index (χ4n) is 2.81. The van der Waals surface area contributed by atoms with Crippen molar-refractivity contribution in [2.45, 2.75) is 23.6 Å². The van der Waals surface area contributed by atoms with Crippen molar-refractivity contribution in [3.05, 3.63) is 117 Å². The molecule has 0 aliphatic heterocycles. The second-order valence-corrected chi connectivity index (χ2v) is 13.7. The molecule has 216 valence electrons. The molecule has 0 saturated carbocycles. The van der Waals surface area contributed by atoms with Crippen LogP contribution in [0.4, 0.5) is 0 Å². The average Bonchev–Trinajstić information content (AvgIpc) is 2.94. The highest BCUT2D eigenvalue weighted by molar-refractivity contribution is 9.10. The van der Waals surface area contributed by atoms with Gasteiger partial charge in [-0.3, -0.25) is 25.6 Å². The minimum atomic E-state index is -3.49. The van der Waals surface area contributed by atoms with E-state index in [1.54, 1.807) is 77.9 Å². The normalized spacial score (nSPS) is 11.1. The molecule has 2 aromatic heterocycles. The molecule has 41 heavy (non-hydrogen) atoms. The Hall–Kier alpha value is -3.14. The zero-order valence-electron chi connectivity index (χ0n) is 22.0. The van der Waals surface area contributed by atoms with Gasteiger partial charge in [0.15, 0.2) is 16.1 Å². The monoisotopic (exact) mass is 723 g/mol. The molecule has 4 aromatic rings. The van der Waals surface area contributed by atoms with E-state index in [1.807, 2.05) is 13.8 Å². The third kappa shape index (κ3) is 12.1. The number of nitrogens with two attached hydrogens (primary N) is 1. The van der Waals surface area contributed by atoms with Crippen LogP contribution in [0.5, 0.6) is 0 Å². The number of hydrogen-bond donors (Lipinski definition) is 2. The van der Waals surface area contributed by atoms with E-state index in [4.69, 9.17) is 5.84 Å². The first-order chi connectivity index (χ1) is 19.4. The van der Waals surface area contributed by atoms with Gasteiger partial charge < -0.3 is 0 Å². The Labute approximate surface area is 256 Å². The maximum Gasteiger partial charge on any atom is 0.253 e. The number of sulfonamides is 1. The van der Waals surface area contributed by atoms with Crippen LogP contribution >= 0.6 is 31.9 Å². The van der Waals surface area contributed by atoms with E-state index in [-0.39, 0.29) is 15.7 Å². The third-order valence-electron chi connectivity index (χ3n) is 4.94. The summed E-state index contributed by atoms with van der Waals surface area (Å²) in [6, 6.07) is 20.2. The number of hydrazine groups is 1. The molecule has 0 atom stereocenters. The van der Waals surface area contributed by atoms with Gasteiger partial charge in [-0.2, -0.15) is 4.83 Å². The first-order valence-corrected chi connectivity index (χ1v) is 16.3. The first-order valence-electron chi connectivity index (χ1n) is 11.6. The van der Waals surface area contributed by atoms with Crippen molar-refractivity contribution in [1.29, 1.82) is 0 Å².